The maximum Gasteiger partial charge on any atom is 0.404 e. The molecule has 0 heterocycles. The van der Waals surface area contributed by atoms with Crippen molar-refractivity contribution in [2.45, 2.75) is 0 Å². The van der Waals surface area contributed by atoms with Crippen molar-refractivity contribution in [3.05, 3.63) is 35.4 Å². The summed E-state index contributed by atoms with van der Waals surface area (Å²) in [6.45, 7) is -0.185. The Bertz CT molecular complexity index is 438. The van der Waals surface area contributed by atoms with Crippen LogP contribution in [0.5, 0.6) is 0 Å². The van der Waals surface area contributed by atoms with Gasteiger partial charge in [0.1, 0.15) is 6.61 Å². The number of halogens is 2. The molecule has 1 aromatic rings. The number of primary amides is 1. The number of ether oxygens (including phenoxy) is 1. The lowest BCUT2D eigenvalue weighted by molar-refractivity contribution is 0.0932. The first kappa shape index (κ1) is 12.9. The summed E-state index contributed by atoms with van der Waals surface area (Å²) in [6.07, 6.45) is -0.976. The standard InChI is InChI=1S/C10H10F2N2O3/c11-7-3-1-2-6(8(7)12)9(15)14-4-5-17-10(13)16/h1-3H,4-5H2,(H2,13,16)(H,14,15). The number of carbonyl (C=O) groups excluding carboxylic acids is 2. The fourth-order valence-electron chi connectivity index (χ4n) is 1.09. The highest BCUT2D eigenvalue weighted by molar-refractivity contribution is 5.94. The van der Waals surface area contributed by atoms with Gasteiger partial charge in [-0.3, -0.25) is 4.79 Å². The molecule has 0 atom stereocenters. The molecule has 0 aromatic heterocycles. The number of hydrogen-bond donors (Lipinski definition) is 2. The van der Waals surface area contributed by atoms with Crippen molar-refractivity contribution in [2.75, 3.05) is 13.2 Å². The van der Waals surface area contributed by atoms with E-state index in [1.807, 2.05) is 0 Å². The second-order valence-electron chi connectivity index (χ2n) is 3.02. The quantitative estimate of drug-likeness (QED) is 0.768. The molecule has 0 saturated heterocycles. The van der Waals surface area contributed by atoms with E-state index in [0.29, 0.717) is 0 Å². The monoisotopic (exact) mass is 244 g/mol. The molecule has 0 aliphatic rings. The zero-order valence-corrected chi connectivity index (χ0v) is 8.70. The summed E-state index contributed by atoms with van der Waals surface area (Å²) >= 11 is 0. The predicted octanol–water partition coefficient (Wildman–Crippen LogP) is 0.790. The first-order chi connectivity index (χ1) is 8.02. The van der Waals surface area contributed by atoms with E-state index in [-0.39, 0.29) is 13.2 Å². The molecular weight excluding hydrogens is 234 g/mol. The highest BCUT2D eigenvalue weighted by atomic mass is 19.2. The number of nitrogens with one attached hydrogen (secondary N) is 1. The normalized spacial score (nSPS) is 9.76. The molecule has 5 nitrogen and oxygen atoms in total. The van der Waals surface area contributed by atoms with Gasteiger partial charge in [0.25, 0.3) is 5.91 Å². The van der Waals surface area contributed by atoms with E-state index in [9.17, 15) is 18.4 Å². The van der Waals surface area contributed by atoms with Gasteiger partial charge in [-0.1, -0.05) is 6.07 Å². The summed E-state index contributed by atoms with van der Waals surface area (Å²) < 4.78 is 30.3. The van der Waals surface area contributed by atoms with Gasteiger partial charge in [0.15, 0.2) is 11.6 Å². The molecule has 0 bridgehead atoms. The minimum atomic E-state index is -1.22. The Hall–Kier alpha value is -2.18. The van der Waals surface area contributed by atoms with E-state index in [2.05, 4.69) is 15.8 Å². The number of nitrogens with two attached hydrogens (primary N) is 1. The molecule has 0 unspecified atom stereocenters. The molecule has 1 aromatic carbocycles. The Morgan fingerprint density at radius 1 is 1.35 bits per heavy atom. The third-order valence-corrected chi connectivity index (χ3v) is 1.83. The van der Waals surface area contributed by atoms with Crippen molar-refractivity contribution in [1.82, 2.24) is 5.32 Å². The van der Waals surface area contributed by atoms with Crippen molar-refractivity contribution in [2.24, 2.45) is 5.73 Å². The summed E-state index contributed by atoms with van der Waals surface area (Å²) in [4.78, 5) is 21.6. The van der Waals surface area contributed by atoms with Gasteiger partial charge in [-0.15, -0.1) is 0 Å². The van der Waals surface area contributed by atoms with Crippen LogP contribution in [0.2, 0.25) is 0 Å². The van der Waals surface area contributed by atoms with E-state index in [1.165, 1.54) is 6.07 Å². The predicted molar refractivity (Wildman–Crippen MR) is 54.2 cm³/mol. The van der Waals surface area contributed by atoms with Crippen molar-refractivity contribution >= 4 is 12.0 Å². The first-order valence-electron chi connectivity index (χ1n) is 4.67. The Morgan fingerprint density at radius 3 is 2.71 bits per heavy atom. The second kappa shape index (κ2) is 5.78. The molecule has 3 N–H and O–H groups in total. The number of rotatable bonds is 4. The summed E-state index contributed by atoms with van der Waals surface area (Å²) in [7, 11) is 0. The highest BCUT2D eigenvalue weighted by Crippen LogP contribution is 2.10. The number of hydrogen-bond acceptors (Lipinski definition) is 3. The Labute approximate surface area is 95.5 Å². The molecule has 7 heteroatoms. The van der Waals surface area contributed by atoms with Crippen LogP contribution in [0.15, 0.2) is 18.2 Å². The second-order valence-corrected chi connectivity index (χ2v) is 3.02. The molecule has 0 aliphatic carbocycles. The average molecular weight is 244 g/mol. The largest absolute Gasteiger partial charge is 0.448 e. The van der Waals surface area contributed by atoms with Crippen LogP contribution in [-0.4, -0.2) is 25.2 Å². The summed E-state index contributed by atoms with van der Waals surface area (Å²) in [5.41, 5.74) is 4.27. The average Bonchev–Trinajstić information content (AvgIpc) is 2.27. The molecule has 1 rings (SSSR count). The molecule has 92 valence electrons. The Morgan fingerprint density at radius 2 is 2.06 bits per heavy atom. The van der Waals surface area contributed by atoms with Gasteiger partial charge in [-0.25, -0.2) is 13.6 Å². The third kappa shape index (κ3) is 3.71. The smallest absolute Gasteiger partial charge is 0.404 e. The summed E-state index contributed by atoms with van der Waals surface area (Å²) in [5, 5.41) is 2.24. The molecule has 0 saturated carbocycles. The van der Waals surface area contributed by atoms with Gasteiger partial charge in [-0.2, -0.15) is 0 Å². The van der Waals surface area contributed by atoms with Crippen LogP contribution in [0.1, 0.15) is 10.4 Å². The number of benzene rings is 1. The lowest BCUT2D eigenvalue weighted by Gasteiger charge is -2.06. The lowest BCUT2D eigenvalue weighted by Crippen LogP contribution is -2.29. The van der Waals surface area contributed by atoms with Crippen LogP contribution in [0.25, 0.3) is 0 Å². The van der Waals surface area contributed by atoms with Gasteiger partial charge in [-0.05, 0) is 12.1 Å². The van der Waals surface area contributed by atoms with Crippen LogP contribution < -0.4 is 11.1 Å². The lowest BCUT2D eigenvalue weighted by atomic mass is 10.2. The highest BCUT2D eigenvalue weighted by Gasteiger charge is 2.14. The number of carbonyl (C=O) groups is 2. The van der Waals surface area contributed by atoms with E-state index in [1.54, 1.807) is 0 Å². The van der Waals surface area contributed by atoms with E-state index >= 15 is 0 Å². The van der Waals surface area contributed by atoms with Gasteiger partial charge >= 0.3 is 6.09 Å². The van der Waals surface area contributed by atoms with Gasteiger partial charge in [0.05, 0.1) is 12.1 Å². The fourth-order valence-corrected chi connectivity index (χ4v) is 1.09. The minimum Gasteiger partial charge on any atom is -0.448 e. The maximum atomic E-state index is 13.1. The summed E-state index contributed by atoms with van der Waals surface area (Å²) in [5.74, 6) is -3.12. The third-order valence-electron chi connectivity index (χ3n) is 1.83. The molecule has 0 spiro atoms. The zero-order valence-electron chi connectivity index (χ0n) is 8.70. The SMILES string of the molecule is NC(=O)OCCNC(=O)c1cccc(F)c1F. The molecule has 0 fully saturated rings. The van der Waals surface area contributed by atoms with Crippen molar-refractivity contribution < 1.29 is 23.1 Å². The topological polar surface area (TPSA) is 81.4 Å². The molecule has 0 radical (unpaired) electrons. The molecule has 0 aliphatic heterocycles. The Balaban J connectivity index is 2.53. The van der Waals surface area contributed by atoms with Crippen molar-refractivity contribution in [3.63, 3.8) is 0 Å². The van der Waals surface area contributed by atoms with Crippen LogP contribution in [0.3, 0.4) is 0 Å². The molecule has 2 amide bonds. The van der Waals surface area contributed by atoms with Crippen LogP contribution in [0.4, 0.5) is 13.6 Å². The van der Waals surface area contributed by atoms with Crippen molar-refractivity contribution in [1.29, 1.82) is 0 Å². The maximum absolute atomic E-state index is 13.1. The summed E-state index contributed by atoms with van der Waals surface area (Å²) in [6, 6.07) is 3.26. The first-order valence-corrected chi connectivity index (χ1v) is 4.67. The van der Waals surface area contributed by atoms with Crippen LogP contribution >= 0.6 is 0 Å². The minimum absolute atomic E-state index is 0.0439. The van der Waals surface area contributed by atoms with Gasteiger partial charge in [0.2, 0.25) is 0 Å². The van der Waals surface area contributed by atoms with E-state index < -0.39 is 29.2 Å². The van der Waals surface area contributed by atoms with Crippen LogP contribution in [0, 0.1) is 11.6 Å². The van der Waals surface area contributed by atoms with Gasteiger partial charge in [0, 0.05) is 0 Å². The number of amides is 2. The Kier molecular flexibility index (Phi) is 4.38. The molecular formula is C10H10F2N2O3. The van der Waals surface area contributed by atoms with Gasteiger partial charge < -0.3 is 15.8 Å². The molecule has 17 heavy (non-hydrogen) atoms. The van der Waals surface area contributed by atoms with Crippen LogP contribution in [-0.2, 0) is 4.74 Å². The zero-order chi connectivity index (χ0) is 12.8. The van der Waals surface area contributed by atoms with E-state index in [0.717, 1.165) is 12.1 Å². The fraction of sp³-hybridized carbons (Fsp3) is 0.200. The van der Waals surface area contributed by atoms with Crippen molar-refractivity contribution in [3.8, 4) is 0 Å². The van der Waals surface area contributed by atoms with E-state index in [4.69, 9.17) is 0 Å².